The normalized spacial score (nSPS) is 19.6. The fraction of sp³-hybridized carbons (Fsp3) is 0.417. The molecule has 1 amide bonds. The number of anilines is 1. The summed E-state index contributed by atoms with van der Waals surface area (Å²) in [5.74, 6) is -0.558. The summed E-state index contributed by atoms with van der Waals surface area (Å²) in [6, 6.07) is 6.58. The molecular formula is C12H15N3O3. The fourth-order valence-corrected chi connectivity index (χ4v) is 2.31. The third-order valence-corrected chi connectivity index (χ3v) is 3.24. The Morgan fingerprint density at radius 1 is 1.44 bits per heavy atom. The average Bonchev–Trinajstić information content (AvgIpc) is 2.39. The summed E-state index contributed by atoms with van der Waals surface area (Å²) in [6.07, 6.45) is 1.58. The van der Waals surface area contributed by atoms with E-state index in [1.165, 1.54) is 6.07 Å². The van der Waals surface area contributed by atoms with Gasteiger partial charge in [0, 0.05) is 19.2 Å². The number of nitro groups is 1. The molecule has 1 unspecified atom stereocenters. The molecule has 1 heterocycles. The molecule has 2 rings (SSSR count). The third kappa shape index (κ3) is 2.42. The number of hydrogen-bond donors (Lipinski definition) is 1. The lowest BCUT2D eigenvalue weighted by Gasteiger charge is -2.32. The molecule has 2 N–H and O–H groups in total. The molecule has 6 nitrogen and oxygen atoms in total. The molecule has 6 heteroatoms. The lowest BCUT2D eigenvalue weighted by Crippen LogP contribution is -2.41. The van der Waals surface area contributed by atoms with Crippen LogP contribution in [0.1, 0.15) is 12.8 Å². The number of carbonyl (C=O) groups is 1. The predicted octanol–water partition coefficient (Wildman–Crippen LogP) is 1.30. The molecule has 1 aromatic carbocycles. The summed E-state index contributed by atoms with van der Waals surface area (Å²) < 4.78 is 0. The van der Waals surface area contributed by atoms with Gasteiger partial charge in [-0.2, -0.15) is 0 Å². The monoisotopic (exact) mass is 249 g/mol. The van der Waals surface area contributed by atoms with Gasteiger partial charge < -0.3 is 10.6 Å². The van der Waals surface area contributed by atoms with Gasteiger partial charge in [-0.3, -0.25) is 14.9 Å². The van der Waals surface area contributed by atoms with Crippen LogP contribution in [0.2, 0.25) is 0 Å². The molecular weight excluding hydrogens is 234 g/mol. The molecule has 1 aliphatic rings. The Labute approximate surface area is 105 Å². The number of piperidine rings is 1. The van der Waals surface area contributed by atoms with Gasteiger partial charge in [-0.05, 0) is 18.9 Å². The predicted molar refractivity (Wildman–Crippen MR) is 67.2 cm³/mol. The lowest BCUT2D eigenvalue weighted by atomic mass is 9.97. The summed E-state index contributed by atoms with van der Waals surface area (Å²) in [5.41, 5.74) is 5.94. The minimum absolute atomic E-state index is 0.0719. The molecule has 0 saturated carbocycles. The van der Waals surface area contributed by atoms with Crippen molar-refractivity contribution in [2.45, 2.75) is 12.8 Å². The molecule has 0 bridgehead atoms. The van der Waals surface area contributed by atoms with Gasteiger partial charge in [0.05, 0.1) is 10.8 Å². The Kier molecular flexibility index (Phi) is 3.45. The van der Waals surface area contributed by atoms with Crippen molar-refractivity contribution in [3.63, 3.8) is 0 Å². The number of benzene rings is 1. The van der Waals surface area contributed by atoms with Gasteiger partial charge in [-0.1, -0.05) is 12.1 Å². The van der Waals surface area contributed by atoms with Gasteiger partial charge in [0.1, 0.15) is 5.69 Å². The van der Waals surface area contributed by atoms with E-state index in [4.69, 9.17) is 5.73 Å². The zero-order chi connectivity index (χ0) is 13.1. The standard InChI is InChI=1S/C12H15N3O3/c13-12(16)9-4-3-7-14(8-9)10-5-1-2-6-11(10)15(17)18/h1-2,5-6,9H,3-4,7-8H2,(H2,13,16). The van der Waals surface area contributed by atoms with Crippen LogP contribution in [0.4, 0.5) is 11.4 Å². The maximum absolute atomic E-state index is 11.2. The van der Waals surface area contributed by atoms with Crippen LogP contribution < -0.4 is 10.6 Å². The van der Waals surface area contributed by atoms with Gasteiger partial charge in [0.15, 0.2) is 0 Å². The number of carbonyl (C=O) groups excluding carboxylic acids is 1. The zero-order valence-corrected chi connectivity index (χ0v) is 9.91. The third-order valence-electron chi connectivity index (χ3n) is 3.24. The largest absolute Gasteiger partial charge is 0.369 e. The van der Waals surface area contributed by atoms with Gasteiger partial charge in [0.25, 0.3) is 5.69 Å². The Hall–Kier alpha value is -2.11. The maximum atomic E-state index is 11.2. The smallest absolute Gasteiger partial charge is 0.292 e. The molecule has 0 aromatic heterocycles. The van der Waals surface area contributed by atoms with Crippen LogP contribution in [0.15, 0.2) is 24.3 Å². The van der Waals surface area contributed by atoms with Gasteiger partial charge >= 0.3 is 0 Å². The summed E-state index contributed by atoms with van der Waals surface area (Å²) in [6.45, 7) is 1.18. The first-order valence-corrected chi connectivity index (χ1v) is 5.87. The van der Waals surface area contributed by atoms with Crippen molar-refractivity contribution >= 4 is 17.3 Å². The number of para-hydroxylation sites is 2. The quantitative estimate of drug-likeness (QED) is 0.645. The second-order valence-corrected chi connectivity index (χ2v) is 4.43. The van der Waals surface area contributed by atoms with E-state index in [1.807, 2.05) is 4.90 Å². The number of nitro benzene ring substituents is 1. The number of amides is 1. The summed E-state index contributed by atoms with van der Waals surface area (Å²) in [7, 11) is 0. The highest BCUT2D eigenvalue weighted by Gasteiger charge is 2.27. The van der Waals surface area contributed by atoms with Crippen molar-refractivity contribution < 1.29 is 9.72 Å². The molecule has 1 aliphatic heterocycles. The van der Waals surface area contributed by atoms with E-state index in [0.29, 0.717) is 18.8 Å². The van der Waals surface area contributed by atoms with E-state index in [9.17, 15) is 14.9 Å². The number of rotatable bonds is 3. The summed E-state index contributed by atoms with van der Waals surface area (Å²) >= 11 is 0. The first-order chi connectivity index (χ1) is 8.59. The highest BCUT2D eigenvalue weighted by molar-refractivity contribution is 5.78. The van der Waals surface area contributed by atoms with Gasteiger partial charge in [0.2, 0.25) is 5.91 Å². The van der Waals surface area contributed by atoms with E-state index in [1.54, 1.807) is 18.2 Å². The molecule has 18 heavy (non-hydrogen) atoms. The Morgan fingerprint density at radius 3 is 2.83 bits per heavy atom. The van der Waals surface area contributed by atoms with Crippen LogP contribution in [0, 0.1) is 16.0 Å². The van der Waals surface area contributed by atoms with Crippen molar-refractivity contribution in [1.82, 2.24) is 0 Å². The van der Waals surface area contributed by atoms with Crippen LogP contribution in [-0.2, 0) is 4.79 Å². The molecule has 0 spiro atoms. The van der Waals surface area contributed by atoms with E-state index in [2.05, 4.69) is 0 Å². The van der Waals surface area contributed by atoms with E-state index < -0.39 is 4.92 Å². The van der Waals surface area contributed by atoms with Crippen LogP contribution in [0.3, 0.4) is 0 Å². The Morgan fingerprint density at radius 2 is 2.17 bits per heavy atom. The SMILES string of the molecule is NC(=O)C1CCCN(c2ccccc2[N+](=O)[O-])C1. The van der Waals surface area contributed by atoms with Crippen molar-refractivity contribution in [3.8, 4) is 0 Å². The zero-order valence-electron chi connectivity index (χ0n) is 9.91. The number of hydrogen-bond acceptors (Lipinski definition) is 4. The maximum Gasteiger partial charge on any atom is 0.292 e. The number of primary amides is 1. The Balaban J connectivity index is 2.26. The second-order valence-electron chi connectivity index (χ2n) is 4.43. The van der Waals surface area contributed by atoms with Crippen molar-refractivity contribution in [2.24, 2.45) is 11.7 Å². The Bertz CT molecular complexity index is 475. The highest BCUT2D eigenvalue weighted by atomic mass is 16.6. The lowest BCUT2D eigenvalue weighted by molar-refractivity contribution is -0.384. The number of nitrogens with two attached hydrogens (primary N) is 1. The van der Waals surface area contributed by atoms with Crippen molar-refractivity contribution in [1.29, 1.82) is 0 Å². The minimum Gasteiger partial charge on any atom is -0.369 e. The second kappa shape index (κ2) is 5.03. The van der Waals surface area contributed by atoms with E-state index in [0.717, 1.165) is 12.8 Å². The topological polar surface area (TPSA) is 89.5 Å². The van der Waals surface area contributed by atoms with Crippen molar-refractivity contribution in [2.75, 3.05) is 18.0 Å². The van der Waals surface area contributed by atoms with E-state index >= 15 is 0 Å². The fourth-order valence-electron chi connectivity index (χ4n) is 2.31. The van der Waals surface area contributed by atoms with Crippen molar-refractivity contribution in [3.05, 3.63) is 34.4 Å². The van der Waals surface area contributed by atoms with Crippen LogP contribution in [0.25, 0.3) is 0 Å². The average molecular weight is 249 g/mol. The molecule has 1 atom stereocenters. The summed E-state index contributed by atoms with van der Waals surface area (Å²) in [5, 5.41) is 11.0. The minimum atomic E-state index is -0.400. The summed E-state index contributed by atoms with van der Waals surface area (Å²) in [4.78, 5) is 23.7. The molecule has 1 aromatic rings. The molecule has 0 radical (unpaired) electrons. The van der Waals surface area contributed by atoms with Crippen LogP contribution in [-0.4, -0.2) is 23.9 Å². The molecule has 96 valence electrons. The molecule has 1 fully saturated rings. The van der Waals surface area contributed by atoms with Crippen LogP contribution >= 0.6 is 0 Å². The first kappa shape index (κ1) is 12.3. The highest BCUT2D eigenvalue weighted by Crippen LogP contribution is 2.30. The number of nitrogens with zero attached hydrogens (tertiary/aromatic N) is 2. The first-order valence-electron chi connectivity index (χ1n) is 5.87. The van der Waals surface area contributed by atoms with Gasteiger partial charge in [-0.15, -0.1) is 0 Å². The van der Waals surface area contributed by atoms with Gasteiger partial charge in [-0.25, -0.2) is 0 Å². The van der Waals surface area contributed by atoms with E-state index in [-0.39, 0.29) is 17.5 Å². The van der Waals surface area contributed by atoms with Crippen LogP contribution in [0.5, 0.6) is 0 Å². The molecule has 1 saturated heterocycles. The molecule has 0 aliphatic carbocycles.